The van der Waals surface area contributed by atoms with E-state index in [4.69, 9.17) is 14.2 Å². The van der Waals surface area contributed by atoms with Gasteiger partial charge in [0, 0.05) is 25.9 Å². The molecule has 1 fully saturated rings. The summed E-state index contributed by atoms with van der Waals surface area (Å²) in [5, 5.41) is 3.18. The Bertz CT molecular complexity index is 1130. The van der Waals surface area contributed by atoms with Crippen LogP contribution in [0.3, 0.4) is 0 Å². The second-order valence-corrected chi connectivity index (χ2v) is 10.6. The lowest BCUT2D eigenvalue weighted by Crippen LogP contribution is -2.42. The van der Waals surface area contributed by atoms with Crippen molar-refractivity contribution >= 4 is 27.4 Å². The molecule has 0 saturated carbocycles. The number of aryl methyl sites for hydroxylation is 1. The molecular weight excluding hydrogens is 474 g/mol. The van der Waals surface area contributed by atoms with Crippen LogP contribution in [0.4, 0.5) is 16.3 Å². The van der Waals surface area contributed by atoms with E-state index in [2.05, 4.69) is 20.3 Å². The number of piperidine rings is 1. The number of hydrogen-bond donors (Lipinski definition) is 1. The zero-order valence-corrected chi connectivity index (χ0v) is 21.6. The van der Waals surface area contributed by atoms with Gasteiger partial charge in [0.2, 0.25) is 5.75 Å². The molecule has 192 valence electrons. The molecule has 12 heteroatoms. The number of amides is 1. The van der Waals surface area contributed by atoms with Gasteiger partial charge in [-0.2, -0.15) is 4.98 Å². The second kappa shape index (κ2) is 11.5. The van der Waals surface area contributed by atoms with Crippen LogP contribution in [0.15, 0.2) is 23.5 Å². The minimum Gasteiger partial charge on any atom is -0.489 e. The Kier molecular flexibility index (Phi) is 8.71. The molecule has 1 N–H and O–H groups in total. The van der Waals surface area contributed by atoms with Crippen LogP contribution in [0.5, 0.6) is 11.6 Å². The van der Waals surface area contributed by atoms with Gasteiger partial charge in [-0.05, 0) is 39.3 Å². The van der Waals surface area contributed by atoms with Crippen LogP contribution in [0.2, 0.25) is 0 Å². The van der Waals surface area contributed by atoms with E-state index < -0.39 is 9.84 Å². The summed E-state index contributed by atoms with van der Waals surface area (Å²) < 4.78 is 41.5. The van der Waals surface area contributed by atoms with Crippen LogP contribution in [0, 0.1) is 6.92 Å². The first kappa shape index (κ1) is 26.5. The summed E-state index contributed by atoms with van der Waals surface area (Å²) in [6.07, 6.45) is 2.50. The molecule has 2 aromatic heterocycles. The third kappa shape index (κ3) is 6.71. The number of nitrogens with one attached hydrogen (secondary N) is 1. The summed E-state index contributed by atoms with van der Waals surface area (Å²) in [7, 11) is -1.92. The van der Waals surface area contributed by atoms with Crippen LogP contribution in [-0.4, -0.2) is 72.5 Å². The van der Waals surface area contributed by atoms with Gasteiger partial charge < -0.3 is 24.4 Å². The fraction of sp³-hybridized carbons (Fsp3) is 0.565. The molecule has 0 atom stereocenters. The van der Waals surface area contributed by atoms with E-state index >= 15 is 0 Å². The van der Waals surface area contributed by atoms with Crippen molar-refractivity contribution in [2.75, 3.05) is 31.3 Å². The molecule has 0 bridgehead atoms. The number of hydrogen-bond acceptors (Lipinski definition) is 10. The number of ether oxygens (including phenoxy) is 3. The van der Waals surface area contributed by atoms with Crippen molar-refractivity contribution in [2.45, 2.75) is 64.2 Å². The van der Waals surface area contributed by atoms with E-state index in [1.807, 2.05) is 20.8 Å². The largest absolute Gasteiger partial charge is 0.489 e. The highest BCUT2D eigenvalue weighted by molar-refractivity contribution is 7.91. The smallest absolute Gasteiger partial charge is 0.410 e. The molecule has 2 aromatic rings. The number of methoxy groups -OCH3 is 1. The lowest BCUT2D eigenvalue weighted by molar-refractivity contribution is 0.0500. The Morgan fingerprint density at radius 2 is 1.94 bits per heavy atom. The molecule has 1 aliphatic heterocycles. The van der Waals surface area contributed by atoms with Crippen molar-refractivity contribution in [3.05, 3.63) is 24.2 Å². The Hall–Kier alpha value is -3.15. The normalized spacial score (nSPS) is 14.6. The molecule has 11 nitrogen and oxygen atoms in total. The highest BCUT2D eigenvalue weighted by Crippen LogP contribution is 2.35. The predicted octanol–water partition coefficient (Wildman–Crippen LogP) is 3.50. The summed E-state index contributed by atoms with van der Waals surface area (Å²) in [6, 6.07) is 3.13. The molecule has 0 aliphatic carbocycles. The van der Waals surface area contributed by atoms with E-state index in [-0.39, 0.29) is 35.0 Å². The molecule has 35 heavy (non-hydrogen) atoms. The molecule has 0 spiro atoms. The number of rotatable bonds is 9. The maximum atomic E-state index is 12.3. The maximum Gasteiger partial charge on any atom is 0.410 e. The number of likely N-dealkylation sites (tertiary alicyclic amines) is 1. The third-order valence-electron chi connectivity index (χ3n) is 5.40. The van der Waals surface area contributed by atoms with Crippen LogP contribution < -0.4 is 14.8 Å². The first-order chi connectivity index (χ1) is 16.6. The third-order valence-corrected chi connectivity index (χ3v) is 7.21. The number of sulfone groups is 1. The predicted molar refractivity (Wildman–Crippen MR) is 130 cm³/mol. The van der Waals surface area contributed by atoms with Gasteiger partial charge in [0.25, 0.3) is 5.88 Å². The average Bonchev–Trinajstić information content (AvgIpc) is 2.80. The van der Waals surface area contributed by atoms with Crippen molar-refractivity contribution < 1.29 is 27.4 Å². The first-order valence-corrected chi connectivity index (χ1v) is 13.3. The van der Waals surface area contributed by atoms with Gasteiger partial charge >= 0.3 is 6.09 Å². The zero-order valence-electron chi connectivity index (χ0n) is 20.8. The Morgan fingerprint density at radius 1 is 1.23 bits per heavy atom. The Labute approximate surface area is 206 Å². The Balaban J connectivity index is 1.71. The fourth-order valence-electron chi connectivity index (χ4n) is 3.65. The number of nitrogens with zero attached hydrogens (tertiary/aromatic N) is 4. The van der Waals surface area contributed by atoms with Crippen molar-refractivity contribution in [3.63, 3.8) is 0 Å². The van der Waals surface area contributed by atoms with E-state index in [1.54, 1.807) is 17.9 Å². The van der Waals surface area contributed by atoms with Crippen molar-refractivity contribution in [1.82, 2.24) is 19.9 Å². The fourth-order valence-corrected chi connectivity index (χ4v) is 4.95. The van der Waals surface area contributed by atoms with E-state index in [9.17, 15) is 13.2 Å². The summed E-state index contributed by atoms with van der Waals surface area (Å²) in [5.74, 6) is 1.01. The first-order valence-electron chi connectivity index (χ1n) is 11.6. The number of aromatic nitrogens is 3. The number of pyridine rings is 1. The SMILES string of the molecule is CCCS(=O)(=O)c1ccc(Nc2ncnc(OC3CCN(C(=O)OC(C)C)CC3)c2OC)c(C)n1. The molecular formula is C23H33N5O6S. The van der Waals surface area contributed by atoms with E-state index in [1.165, 1.54) is 19.5 Å². The standard InChI is InChI=1S/C23H33N5O6S/c1-6-13-35(30,31)19-8-7-18(16(4)26-19)27-21-20(32-5)22(25-14-24-21)34-17-9-11-28(12-10-17)23(29)33-15(2)3/h7-8,14-15,17H,6,9-13H2,1-5H3,(H,24,25,27). The van der Waals surface area contributed by atoms with Gasteiger partial charge in [-0.15, -0.1) is 0 Å². The van der Waals surface area contributed by atoms with Crippen LogP contribution in [-0.2, 0) is 14.6 Å². The molecule has 3 rings (SSSR count). The highest BCUT2D eigenvalue weighted by Gasteiger charge is 2.27. The molecule has 1 amide bonds. The molecule has 0 aromatic carbocycles. The number of anilines is 2. The van der Waals surface area contributed by atoms with Gasteiger partial charge in [-0.1, -0.05) is 6.92 Å². The van der Waals surface area contributed by atoms with Crippen LogP contribution in [0.1, 0.15) is 45.7 Å². The topological polar surface area (TPSA) is 133 Å². The van der Waals surface area contributed by atoms with Crippen LogP contribution in [0.25, 0.3) is 0 Å². The lowest BCUT2D eigenvalue weighted by Gasteiger charge is -2.31. The Morgan fingerprint density at radius 3 is 2.54 bits per heavy atom. The molecule has 3 heterocycles. The molecule has 0 radical (unpaired) electrons. The number of carbonyl (C=O) groups is 1. The van der Waals surface area contributed by atoms with E-state index in [0.717, 1.165) is 0 Å². The monoisotopic (exact) mass is 507 g/mol. The van der Waals surface area contributed by atoms with Gasteiger partial charge in [0.1, 0.15) is 12.4 Å². The van der Waals surface area contributed by atoms with Gasteiger partial charge in [-0.3, -0.25) is 0 Å². The molecule has 0 unspecified atom stereocenters. The molecule has 1 saturated heterocycles. The van der Waals surface area contributed by atoms with Crippen molar-refractivity contribution in [2.24, 2.45) is 0 Å². The quantitative estimate of drug-likeness (QED) is 0.537. The summed E-state index contributed by atoms with van der Waals surface area (Å²) >= 11 is 0. The lowest BCUT2D eigenvalue weighted by atomic mass is 10.1. The van der Waals surface area contributed by atoms with E-state index in [0.29, 0.717) is 55.3 Å². The van der Waals surface area contributed by atoms with Gasteiger partial charge in [0.05, 0.1) is 30.3 Å². The van der Waals surface area contributed by atoms with Gasteiger partial charge in [-0.25, -0.2) is 23.2 Å². The van der Waals surface area contributed by atoms with Gasteiger partial charge in [0.15, 0.2) is 20.7 Å². The zero-order chi connectivity index (χ0) is 25.6. The molecule has 1 aliphatic rings. The van der Waals surface area contributed by atoms with Crippen molar-refractivity contribution in [3.8, 4) is 11.6 Å². The highest BCUT2D eigenvalue weighted by atomic mass is 32.2. The van der Waals surface area contributed by atoms with Crippen LogP contribution >= 0.6 is 0 Å². The average molecular weight is 508 g/mol. The summed E-state index contributed by atoms with van der Waals surface area (Å²) in [6.45, 7) is 8.21. The minimum atomic E-state index is -3.42. The number of carbonyl (C=O) groups excluding carboxylic acids is 1. The summed E-state index contributed by atoms with van der Waals surface area (Å²) in [4.78, 5) is 26.5. The maximum absolute atomic E-state index is 12.3. The summed E-state index contributed by atoms with van der Waals surface area (Å²) in [5.41, 5.74) is 1.09. The second-order valence-electron chi connectivity index (χ2n) is 8.52. The minimum absolute atomic E-state index is 0.0460. The van der Waals surface area contributed by atoms with Crippen molar-refractivity contribution in [1.29, 1.82) is 0 Å².